The summed E-state index contributed by atoms with van der Waals surface area (Å²) in [6.07, 6.45) is 1.20. The smallest absolute Gasteiger partial charge is 0.342 e. The number of imidazole rings is 1. The summed E-state index contributed by atoms with van der Waals surface area (Å²) < 4.78 is 1.36. The van der Waals surface area contributed by atoms with Crippen LogP contribution in [0.5, 0.6) is 0 Å². The molecule has 0 amide bonds. The van der Waals surface area contributed by atoms with Crippen LogP contribution in [-0.2, 0) is 7.05 Å². The average Bonchev–Trinajstić information content (AvgIpc) is 2.45. The minimum absolute atomic E-state index is 0.0700. The van der Waals surface area contributed by atoms with Gasteiger partial charge in [0.25, 0.3) is 0 Å². The van der Waals surface area contributed by atoms with Crippen LogP contribution in [0.25, 0.3) is 5.03 Å². The van der Waals surface area contributed by atoms with Gasteiger partial charge in [0, 0.05) is 0 Å². The molecule has 76 valence electrons. The van der Waals surface area contributed by atoms with E-state index >= 15 is 0 Å². The van der Waals surface area contributed by atoms with Crippen molar-refractivity contribution < 1.29 is 4.92 Å². The van der Waals surface area contributed by atoms with Crippen LogP contribution in [0, 0.1) is 10.1 Å². The molecule has 0 saturated heterocycles. The Hall–Kier alpha value is -1.36. The molecule has 1 aromatic rings. The van der Waals surface area contributed by atoms with E-state index in [1.807, 2.05) is 13.8 Å². The molecule has 0 radical (unpaired) electrons. The molecular formula is C8H10ClN3O2. The summed E-state index contributed by atoms with van der Waals surface area (Å²) in [7, 11) is 1.56. The van der Waals surface area contributed by atoms with Gasteiger partial charge in [-0.05, 0) is 18.8 Å². The zero-order valence-corrected chi connectivity index (χ0v) is 8.87. The molecule has 1 heterocycles. The fourth-order valence-corrected chi connectivity index (χ4v) is 1.17. The quantitative estimate of drug-likeness (QED) is 0.562. The van der Waals surface area contributed by atoms with Gasteiger partial charge in [-0.2, -0.15) is 0 Å². The molecule has 0 aromatic carbocycles. The number of nitrogens with zero attached hydrogens (tertiary/aromatic N) is 3. The van der Waals surface area contributed by atoms with E-state index < -0.39 is 4.92 Å². The lowest BCUT2D eigenvalue weighted by Gasteiger charge is -1.98. The number of nitro groups is 1. The molecule has 0 aliphatic heterocycles. The van der Waals surface area contributed by atoms with Crippen LogP contribution in [0.2, 0.25) is 0 Å². The van der Waals surface area contributed by atoms with Crippen molar-refractivity contribution in [2.24, 2.45) is 7.05 Å². The zero-order chi connectivity index (χ0) is 10.9. The highest BCUT2D eigenvalue weighted by Gasteiger charge is 2.19. The Bertz CT molecular complexity index is 405. The van der Waals surface area contributed by atoms with Gasteiger partial charge < -0.3 is 10.1 Å². The first-order valence-corrected chi connectivity index (χ1v) is 4.32. The molecule has 0 atom stereocenters. The van der Waals surface area contributed by atoms with E-state index in [1.54, 1.807) is 7.05 Å². The Morgan fingerprint density at radius 1 is 1.64 bits per heavy atom. The molecule has 0 fully saturated rings. The van der Waals surface area contributed by atoms with Crippen molar-refractivity contribution in [3.8, 4) is 0 Å². The van der Waals surface area contributed by atoms with Gasteiger partial charge in [0.15, 0.2) is 0 Å². The van der Waals surface area contributed by atoms with E-state index in [4.69, 9.17) is 11.6 Å². The van der Waals surface area contributed by atoms with E-state index in [0.717, 1.165) is 5.57 Å². The van der Waals surface area contributed by atoms with Gasteiger partial charge in [0.1, 0.15) is 11.2 Å². The van der Waals surface area contributed by atoms with Crippen molar-refractivity contribution >= 4 is 22.5 Å². The molecule has 1 aromatic heterocycles. The number of hydrogen-bond acceptors (Lipinski definition) is 3. The SMILES string of the molecule is CC(C)=C(Cl)c1ncc([N+](=O)[O-])n1C. The Balaban J connectivity index is 3.27. The fourth-order valence-electron chi connectivity index (χ4n) is 0.998. The van der Waals surface area contributed by atoms with E-state index in [1.165, 1.54) is 10.8 Å². The molecule has 14 heavy (non-hydrogen) atoms. The standard InChI is InChI=1S/C8H10ClN3O2/c1-5(2)7(9)8-10-4-6(11(8)3)12(13)14/h4H,1-3H3. The lowest BCUT2D eigenvalue weighted by atomic mass is 10.3. The second-order valence-corrected chi connectivity index (χ2v) is 3.45. The number of rotatable bonds is 2. The molecule has 0 unspecified atom stereocenters. The van der Waals surface area contributed by atoms with E-state index in [-0.39, 0.29) is 5.82 Å². The van der Waals surface area contributed by atoms with Crippen LogP contribution in [0.1, 0.15) is 19.7 Å². The van der Waals surface area contributed by atoms with Crippen molar-refractivity contribution in [3.63, 3.8) is 0 Å². The van der Waals surface area contributed by atoms with Crippen LogP contribution in [0.4, 0.5) is 5.82 Å². The molecule has 0 aliphatic carbocycles. The first-order valence-electron chi connectivity index (χ1n) is 3.94. The van der Waals surface area contributed by atoms with Gasteiger partial charge in [0.05, 0.1) is 7.05 Å². The number of halogens is 1. The summed E-state index contributed by atoms with van der Waals surface area (Å²) >= 11 is 5.94. The summed E-state index contributed by atoms with van der Waals surface area (Å²) in [6, 6.07) is 0. The summed E-state index contributed by atoms with van der Waals surface area (Å²) in [5.41, 5.74) is 0.871. The Morgan fingerprint density at radius 3 is 2.57 bits per heavy atom. The monoisotopic (exact) mass is 215 g/mol. The average molecular weight is 216 g/mol. The van der Waals surface area contributed by atoms with Crippen molar-refractivity contribution in [2.75, 3.05) is 0 Å². The van der Waals surface area contributed by atoms with Crippen LogP contribution < -0.4 is 0 Å². The molecular weight excluding hydrogens is 206 g/mol. The predicted molar refractivity (Wildman–Crippen MR) is 54.0 cm³/mol. The fraction of sp³-hybridized carbons (Fsp3) is 0.375. The van der Waals surface area contributed by atoms with Gasteiger partial charge in [-0.1, -0.05) is 17.2 Å². The maximum absolute atomic E-state index is 10.5. The van der Waals surface area contributed by atoms with E-state index in [9.17, 15) is 10.1 Å². The second kappa shape index (κ2) is 3.79. The highest BCUT2D eigenvalue weighted by Crippen LogP contribution is 2.24. The van der Waals surface area contributed by atoms with Crippen molar-refractivity contribution in [1.82, 2.24) is 9.55 Å². The Morgan fingerprint density at radius 2 is 2.21 bits per heavy atom. The molecule has 0 saturated carbocycles. The van der Waals surface area contributed by atoms with Gasteiger partial charge >= 0.3 is 5.82 Å². The molecule has 0 spiro atoms. The van der Waals surface area contributed by atoms with Gasteiger partial charge in [-0.3, -0.25) is 0 Å². The highest BCUT2D eigenvalue weighted by atomic mass is 35.5. The highest BCUT2D eigenvalue weighted by molar-refractivity contribution is 6.48. The first-order chi connectivity index (χ1) is 6.45. The van der Waals surface area contributed by atoms with Gasteiger partial charge in [-0.25, -0.2) is 9.55 Å². The van der Waals surface area contributed by atoms with Crippen molar-refractivity contribution in [1.29, 1.82) is 0 Å². The first kappa shape index (κ1) is 10.7. The summed E-state index contributed by atoms with van der Waals surface area (Å²) in [5.74, 6) is 0.345. The summed E-state index contributed by atoms with van der Waals surface area (Å²) in [4.78, 5) is 13.9. The van der Waals surface area contributed by atoms with Crippen molar-refractivity contribution in [3.05, 3.63) is 27.7 Å². The maximum atomic E-state index is 10.5. The zero-order valence-electron chi connectivity index (χ0n) is 8.11. The third-order valence-electron chi connectivity index (χ3n) is 1.79. The molecule has 1 rings (SSSR count). The number of hydrogen-bond donors (Lipinski definition) is 0. The predicted octanol–water partition coefficient (Wildman–Crippen LogP) is 2.32. The Kier molecular flexibility index (Phi) is 2.90. The third-order valence-corrected chi connectivity index (χ3v) is 2.33. The molecule has 6 heteroatoms. The molecule has 0 aliphatic rings. The van der Waals surface area contributed by atoms with Crippen molar-refractivity contribution in [2.45, 2.75) is 13.8 Å². The lowest BCUT2D eigenvalue weighted by Crippen LogP contribution is -2.00. The molecule has 5 nitrogen and oxygen atoms in total. The van der Waals surface area contributed by atoms with Crippen LogP contribution >= 0.6 is 11.6 Å². The lowest BCUT2D eigenvalue weighted by molar-refractivity contribution is -0.391. The van der Waals surface area contributed by atoms with Crippen LogP contribution in [-0.4, -0.2) is 14.5 Å². The largest absolute Gasteiger partial charge is 0.358 e. The minimum atomic E-state index is -0.494. The minimum Gasteiger partial charge on any atom is -0.358 e. The normalized spacial score (nSPS) is 10.0. The molecule has 0 bridgehead atoms. The van der Waals surface area contributed by atoms with Gasteiger partial charge in [0.2, 0.25) is 5.82 Å². The maximum Gasteiger partial charge on any atom is 0.342 e. The van der Waals surface area contributed by atoms with E-state index in [2.05, 4.69) is 4.98 Å². The number of allylic oxidation sites excluding steroid dienone is 1. The van der Waals surface area contributed by atoms with E-state index in [0.29, 0.717) is 10.9 Å². The molecule has 0 N–H and O–H groups in total. The third kappa shape index (κ3) is 1.77. The topological polar surface area (TPSA) is 61.0 Å². The van der Waals surface area contributed by atoms with Gasteiger partial charge in [-0.15, -0.1) is 0 Å². The Labute approximate surface area is 86.2 Å². The second-order valence-electron chi connectivity index (χ2n) is 3.07. The summed E-state index contributed by atoms with van der Waals surface area (Å²) in [6.45, 7) is 3.64. The number of aromatic nitrogens is 2. The summed E-state index contributed by atoms with van der Waals surface area (Å²) in [5, 5.41) is 11.0. The van der Waals surface area contributed by atoms with Crippen LogP contribution in [0.3, 0.4) is 0 Å². The van der Waals surface area contributed by atoms with Crippen LogP contribution in [0.15, 0.2) is 11.8 Å².